The van der Waals surface area contributed by atoms with Gasteiger partial charge in [-0.05, 0) is 6.42 Å². The molecule has 0 atom stereocenters. The van der Waals surface area contributed by atoms with E-state index < -0.39 is 40.6 Å². The van der Waals surface area contributed by atoms with E-state index in [0.717, 1.165) is 23.9 Å². The number of amides is 1. The van der Waals surface area contributed by atoms with Gasteiger partial charge in [-0.3, -0.25) is 29.1 Å². The zero-order valence-corrected chi connectivity index (χ0v) is 13.6. The standard InChI is InChI=1S/C14H17N3O8/c1-24-12(19)4-3-5-15-11(18)8-16-7-9(14(21)25-2)6-10(13(16)20)17(22)23/h6-7H,3-5,8H2,1-2H3,(H,15,18). The summed E-state index contributed by atoms with van der Waals surface area (Å²) >= 11 is 0. The molecule has 11 heteroatoms. The van der Waals surface area contributed by atoms with Gasteiger partial charge < -0.3 is 14.8 Å². The fourth-order valence-electron chi connectivity index (χ4n) is 1.87. The number of hydrogen-bond donors (Lipinski definition) is 1. The van der Waals surface area contributed by atoms with Gasteiger partial charge in [0.15, 0.2) is 0 Å². The Labute approximate surface area is 141 Å². The minimum atomic E-state index is -1.03. The number of nitrogens with one attached hydrogen (secondary N) is 1. The maximum atomic E-state index is 12.0. The number of hydrogen-bond acceptors (Lipinski definition) is 8. The number of esters is 2. The second-order valence-corrected chi connectivity index (χ2v) is 4.83. The van der Waals surface area contributed by atoms with Crippen LogP contribution in [0.5, 0.6) is 0 Å². The van der Waals surface area contributed by atoms with Crippen LogP contribution in [0.4, 0.5) is 5.69 Å². The Morgan fingerprint density at radius 2 is 1.96 bits per heavy atom. The van der Waals surface area contributed by atoms with Crippen molar-refractivity contribution in [3.8, 4) is 0 Å². The molecule has 0 saturated heterocycles. The molecule has 0 aromatic carbocycles. The van der Waals surface area contributed by atoms with E-state index in [2.05, 4.69) is 14.8 Å². The third-order valence-electron chi connectivity index (χ3n) is 3.11. The molecular weight excluding hydrogens is 338 g/mol. The second-order valence-electron chi connectivity index (χ2n) is 4.83. The van der Waals surface area contributed by atoms with E-state index in [9.17, 15) is 29.3 Å². The van der Waals surface area contributed by atoms with Crippen LogP contribution in [-0.2, 0) is 25.6 Å². The lowest BCUT2D eigenvalue weighted by atomic mass is 10.2. The molecule has 136 valence electrons. The van der Waals surface area contributed by atoms with Crippen molar-refractivity contribution >= 4 is 23.5 Å². The van der Waals surface area contributed by atoms with Crippen LogP contribution in [0.3, 0.4) is 0 Å². The molecule has 11 nitrogen and oxygen atoms in total. The van der Waals surface area contributed by atoms with Gasteiger partial charge in [0, 0.05) is 25.2 Å². The van der Waals surface area contributed by atoms with E-state index in [1.54, 1.807) is 0 Å². The van der Waals surface area contributed by atoms with E-state index >= 15 is 0 Å². The first-order valence-corrected chi connectivity index (χ1v) is 7.10. The fourth-order valence-corrected chi connectivity index (χ4v) is 1.87. The average Bonchev–Trinajstić information content (AvgIpc) is 2.59. The molecule has 0 aliphatic rings. The lowest BCUT2D eigenvalue weighted by Gasteiger charge is -2.08. The maximum Gasteiger partial charge on any atom is 0.339 e. The Kier molecular flexibility index (Phi) is 7.25. The third-order valence-corrected chi connectivity index (χ3v) is 3.11. The topological polar surface area (TPSA) is 147 Å². The summed E-state index contributed by atoms with van der Waals surface area (Å²) in [5.41, 5.74) is -2.10. The highest BCUT2D eigenvalue weighted by molar-refractivity contribution is 5.89. The van der Waals surface area contributed by atoms with Crippen molar-refractivity contribution in [2.75, 3.05) is 20.8 Å². The average molecular weight is 355 g/mol. The number of pyridine rings is 1. The molecule has 0 fully saturated rings. The maximum absolute atomic E-state index is 12.0. The van der Waals surface area contributed by atoms with Crippen molar-refractivity contribution in [1.82, 2.24) is 9.88 Å². The van der Waals surface area contributed by atoms with Gasteiger partial charge in [-0.15, -0.1) is 0 Å². The Morgan fingerprint density at radius 1 is 1.28 bits per heavy atom. The van der Waals surface area contributed by atoms with Crippen molar-refractivity contribution in [3.63, 3.8) is 0 Å². The molecule has 0 aliphatic heterocycles. The molecule has 0 unspecified atom stereocenters. The van der Waals surface area contributed by atoms with E-state index in [1.807, 2.05) is 0 Å². The monoisotopic (exact) mass is 355 g/mol. The minimum absolute atomic E-state index is 0.111. The van der Waals surface area contributed by atoms with Crippen LogP contribution in [0.25, 0.3) is 0 Å². The minimum Gasteiger partial charge on any atom is -0.469 e. The van der Waals surface area contributed by atoms with E-state index in [-0.39, 0.29) is 18.5 Å². The highest BCUT2D eigenvalue weighted by Crippen LogP contribution is 2.09. The normalized spacial score (nSPS) is 10.0. The van der Waals surface area contributed by atoms with Gasteiger partial charge in [0.25, 0.3) is 0 Å². The molecule has 0 bridgehead atoms. The number of nitrogens with zero attached hydrogens (tertiary/aromatic N) is 2. The summed E-state index contributed by atoms with van der Waals surface area (Å²) in [5.74, 6) is -1.91. The van der Waals surface area contributed by atoms with Gasteiger partial charge in [-0.25, -0.2) is 4.79 Å². The lowest BCUT2D eigenvalue weighted by molar-refractivity contribution is -0.386. The van der Waals surface area contributed by atoms with Gasteiger partial charge in [0.05, 0.1) is 24.7 Å². The highest BCUT2D eigenvalue weighted by atomic mass is 16.6. The number of methoxy groups -OCH3 is 2. The van der Waals surface area contributed by atoms with Crippen LogP contribution in [0.1, 0.15) is 23.2 Å². The lowest BCUT2D eigenvalue weighted by Crippen LogP contribution is -2.34. The summed E-state index contributed by atoms with van der Waals surface area (Å²) in [6.07, 6.45) is 1.45. The number of carbonyl (C=O) groups excluding carboxylic acids is 3. The van der Waals surface area contributed by atoms with E-state index in [4.69, 9.17) is 0 Å². The molecular formula is C14H17N3O8. The third kappa shape index (κ3) is 5.71. The molecule has 25 heavy (non-hydrogen) atoms. The zero-order valence-electron chi connectivity index (χ0n) is 13.6. The van der Waals surface area contributed by atoms with Gasteiger partial charge in [-0.2, -0.15) is 0 Å². The first-order chi connectivity index (χ1) is 11.8. The number of nitro groups is 1. The van der Waals surface area contributed by atoms with E-state index in [1.165, 1.54) is 7.11 Å². The summed E-state index contributed by atoms with van der Waals surface area (Å²) in [4.78, 5) is 56.3. The van der Waals surface area contributed by atoms with Crippen LogP contribution < -0.4 is 10.9 Å². The Bertz CT molecular complexity index is 740. The predicted octanol–water partition coefficient (Wildman–Crippen LogP) is -0.388. The number of rotatable bonds is 8. The molecule has 1 rings (SSSR count). The van der Waals surface area contributed by atoms with Gasteiger partial charge in [-0.1, -0.05) is 0 Å². The molecule has 0 radical (unpaired) electrons. The Morgan fingerprint density at radius 3 is 2.52 bits per heavy atom. The quantitative estimate of drug-likeness (QED) is 0.287. The number of carbonyl (C=O) groups is 3. The van der Waals surface area contributed by atoms with Gasteiger partial charge in [0.1, 0.15) is 6.54 Å². The molecule has 0 spiro atoms. The largest absolute Gasteiger partial charge is 0.469 e. The van der Waals surface area contributed by atoms with Crippen LogP contribution in [-0.4, -0.2) is 48.1 Å². The highest BCUT2D eigenvalue weighted by Gasteiger charge is 2.21. The van der Waals surface area contributed by atoms with Crippen LogP contribution in [0.15, 0.2) is 17.1 Å². The smallest absolute Gasteiger partial charge is 0.339 e. The molecule has 0 aliphatic carbocycles. The molecule has 1 heterocycles. The van der Waals surface area contributed by atoms with Crippen molar-refractivity contribution in [2.24, 2.45) is 0 Å². The number of aromatic nitrogens is 1. The summed E-state index contributed by atoms with van der Waals surface area (Å²) in [6, 6.07) is 0.791. The Balaban J connectivity index is 2.86. The fraction of sp³-hybridized carbons (Fsp3) is 0.429. The second kappa shape index (κ2) is 9.15. The number of ether oxygens (including phenoxy) is 2. The first-order valence-electron chi connectivity index (χ1n) is 7.10. The SMILES string of the molecule is COC(=O)CCCNC(=O)Cn1cc(C(=O)OC)cc([N+](=O)[O-])c1=O. The summed E-state index contributed by atoms with van der Waals surface area (Å²) in [6.45, 7) is -0.371. The predicted molar refractivity (Wildman–Crippen MR) is 83.0 cm³/mol. The summed E-state index contributed by atoms with van der Waals surface area (Å²) in [5, 5.41) is 13.4. The van der Waals surface area contributed by atoms with Gasteiger partial charge >= 0.3 is 23.2 Å². The summed E-state index contributed by atoms with van der Waals surface area (Å²) in [7, 11) is 2.33. The zero-order chi connectivity index (χ0) is 19.0. The molecule has 1 N–H and O–H groups in total. The van der Waals surface area contributed by atoms with Crippen LogP contribution >= 0.6 is 0 Å². The van der Waals surface area contributed by atoms with E-state index in [0.29, 0.717) is 6.42 Å². The molecule has 1 aromatic heterocycles. The van der Waals surface area contributed by atoms with Crippen molar-refractivity contribution in [1.29, 1.82) is 0 Å². The first kappa shape index (κ1) is 19.8. The Hall–Kier alpha value is -3.24. The van der Waals surface area contributed by atoms with Crippen molar-refractivity contribution in [3.05, 3.63) is 38.3 Å². The van der Waals surface area contributed by atoms with Crippen molar-refractivity contribution in [2.45, 2.75) is 19.4 Å². The summed E-state index contributed by atoms with van der Waals surface area (Å²) < 4.78 is 9.66. The van der Waals surface area contributed by atoms with Crippen LogP contribution in [0, 0.1) is 10.1 Å². The van der Waals surface area contributed by atoms with Crippen molar-refractivity contribution < 1.29 is 28.8 Å². The molecule has 1 amide bonds. The van der Waals surface area contributed by atoms with Gasteiger partial charge in [0.2, 0.25) is 5.91 Å². The molecule has 1 aromatic rings. The van der Waals surface area contributed by atoms with Crippen LogP contribution in [0.2, 0.25) is 0 Å². The molecule has 0 saturated carbocycles.